The highest BCUT2D eigenvalue weighted by molar-refractivity contribution is 6.07. The summed E-state index contributed by atoms with van der Waals surface area (Å²) in [4.78, 5) is 23.1. The molecule has 2 N–H and O–H groups in total. The van der Waals surface area contributed by atoms with E-state index in [1.165, 1.54) is 4.90 Å². The number of fused-ring (bicyclic) bond motifs is 2. The molecule has 2 unspecified atom stereocenters. The highest BCUT2D eigenvalue weighted by atomic mass is 16.5. The molecule has 0 fully saturated rings. The van der Waals surface area contributed by atoms with E-state index in [0.29, 0.717) is 29.2 Å². The van der Waals surface area contributed by atoms with Crippen LogP contribution in [0.25, 0.3) is 16.0 Å². The minimum atomic E-state index is -1.19. The van der Waals surface area contributed by atoms with Crippen LogP contribution in [0.5, 0.6) is 11.5 Å². The van der Waals surface area contributed by atoms with Gasteiger partial charge in [0.1, 0.15) is 17.6 Å². The largest absolute Gasteiger partial charge is 0.497 e. The van der Waals surface area contributed by atoms with Crippen molar-refractivity contribution in [1.29, 1.82) is 0 Å². The Morgan fingerprint density at radius 1 is 1.15 bits per heavy atom. The third kappa shape index (κ3) is 3.28. The van der Waals surface area contributed by atoms with Gasteiger partial charge in [-0.15, -0.1) is 0 Å². The minimum Gasteiger partial charge on any atom is -0.497 e. The Hall–Kier alpha value is -4.31. The lowest BCUT2D eigenvalue weighted by atomic mass is 9.79. The molecule has 1 spiro atoms. The van der Waals surface area contributed by atoms with Crippen molar-refractivity contribution in [2.75, 3.05) is 14.2 Å². The molecule has 2 atom stereocenters. The number of hydrogen-bond acceptors (Lipinski definition) is 5. The number of amides is 1. The topological polar surface area (TPSA) is 81.5 Å². The number of carbonyl (C=O) groups is 1. The molecule has 5 rings (SSSR count). The summed E-state index contributed by atoms with van der Waals surface area (Å²) in [5.41, 5.74) is 8.79. The minimum absolute atomic E-state index is 0.178. The molecule has 2 aliphatic rings. The monoisotopic (exact) mass is 438 g/mol. The van der Waals surface area contributed by atoms with E-state index in [-0.39, 0.29) is 11.9 Å². The van der Waals surface area contributed by atoms with Gasteiger partial charge in [0, 0.05) is 19.0 Å². The number of methoxy groups -OCH3 is 1. The molecule has 3 aromatic carbocycles. The highest BCUT2D eigenvalue weighted by Gasteiger charge is 2.53. The molecule has 0 saturated heterocycles. The zero-order valence-corrected chi connectivity index (χ0v) is 18.3. The van der Waals surface area contributed by atoms with E-state index in [1.54, 1.807) is 20.2 Å². The van der Waals surface area contributed by atoms with Crippen LogP contribution in [-0.4, -0.2) is 30.9 Å². The predicted molar refractivity (Wildman–Crippen MR) is 125 cm³/mol. The molecule has 2 aliphatic heterocycles. The van der Waals surface area contributed by atoms with Crippen molar-refractivity contribution < 1.29 is 14.3 Å². The van der Waals surface area contributed by atoms with Gasteiger partial charge in [0.2, 0.25) is 0 Å². The SMILES string of the molecule is [C-]#[N+]c1cccc(-c2ccc3c(c2)C2(CC(c4cccc(OC)c4)O3)N=C(N)N(C)C2=O)c1. The molecule has 33 heavy (non-hydrogen) atoms. The lowest BCUT2D eigenvalue weighted by molar-refractivity contribution is -0.132. The van der Waals surface area contributed by atoms with Gasteiger partial charge in [-0.05, 0) is 47.0 Å². The van der Waals surface area contributed by atoms with Crippen LogP contribution >= 0.6 is 0 Å². The van der Waals surface area contributed by atoms with Crippen LogP contribution in [-0.2, 0) is 10.3 Å². The van der Waals surface area contributed by atoms with Gasteiger partial charge in [-0.2, -0.15) is 0 Å². The molecular formula is C26H22N4O3. The van der Waals surface area contributed by atoms with Gasteiger partial charge >= 0.3 is 0 Å². The molecule has 0 saturated carbocycles. The second-order valence-electron chi connectivity index (χ2n) is 8.15. The Kier molecular flexibility index (Phi) is 4.79. The number of nitrogens with zero attached hydrogens (tertiary/aromatic N) is 3. The number of nitrogens with two attached hydrogens (primary N) is 1. The van der Waals surface area contributed by atoms with E-state index in [4.69, 9.17) is 21.8 Å². The molecule has 7 nitrogen and oxygen atoms in total. The molecule has 0 aliphatic carbocycles. The Balaban J connectivity index is 1.66. The number of aliphatic imine (C=N–C) groups is 1. The first kappa shape index (κ1) is 20.6. The van der Waals surface area contributed by atoms with Crippen molar-refractivity contribution in [2.45, 2.75) is 18.1 Å². The Morgan fingerprint density at radius 3 is 2.67 bits per heavy atom. The highest BCUT2D eigenvalue weighted by Crippen LogP contribution is 2.50. The summed E-state index contributed by atoms with van der Waals surface area (Å²) >= 11 is 0. The number of carbonyl (C=O) groups excluding carboxylic acids is 1. The van der Waals surface area contributed by atoms with Crippen molar-refractivity contribution >= 4 is 17.6 Å². The fourth-order valence-corrected chi connectivity index (χ4v) is 4.50. The summed E-state index contributed by atoms with van der Waals surface area (Å²) < 4.78 is 11.7. The van der Waals surface area contributed by atoms with Gasteiger partial charge in [0.05, 0.1) is 13.7 Å². The first-order valence-corrected chi connectivity index (χ1v) is 10.5. The quantitative estimate of drug-likeness (QED) is 0.614. The Labute approximate surface area is 191 Å². The number of hydrogen-bond donors (Lipinski definition) is 1. The summed E-state index contributed by atoms with van der Waals surface area (Å²) in [6.45, 7) is 7.30. The van der Waals surface area contributed by atoms with Gasteiger partial charge in [-0.25, -0.2) is 9.84 Å². The van der Waals surface area contributed by atoms with Crippen LogP contribution < -0.4 is 15.2 Å². The molecule has 0 radical (unpaired) electrons. The van der Waals surface area contributed by atoms with Crippen LogP contribution in [0.4, 0.5) is 5.69 Å². The van der Waals surface area contributed by atoms with Crippen molar-refractivity contribution in [3.63, 3.8) is 0 Å². The average Bonchev–Trinajstić information content (AvgIpc) is 3.07. The van der Waals surface area contributed by atoms with Gasteiger partial charge < -0.3 is 15.2 Å². The van der Waals surface area contributed by atoms with Gasteiger partial charge in [0.25, 0.3) is 5.91 Å². The van der Waals surface area contributed by atoms with Crippen molar-refractivity contribution in [1.82, 2.24) is 4.90 Å². The van der Waals surface area contributed by atoms with E-state index < -0.39 is 11.6 Å². The summed E-state index contributed by atoms with van der Waals surface area (Å²) in [5, 5.41) is 0. The van der Waals surface area contributed by atoms with Crippen molar-refractivity contribution in [2.24, 2.45) is 10.7 Å². The van der Waals surface area contributed by atoms with Crippen LogP contribution in [0.1, 0.15) is 23.7 Å². The maximum Gasteiger partial charge on any atom is 0.261 e. The molecular weight excluding hydrogens is 416 g/mol. The van der Waals surface area contributed by atoms with Crippen molar-refractivity contribution in [3.8, 4) is 22.6 Å². The summed E-state index contributed by atoms with van der Waals surface area (Å²) in [5.74, 6) is 1.28. The number of likely N-dealkylation sites (N-methyl/N-ethyl adjacent to an activating group) is 1. The van der Waals surface area contributed by atoms with Crippen LogP contribution in [0.3, 0.4) is 0 Å². The second kappa shape index (κ2) is 7.68. The summed E-state index contributed by atoms with van der Waals surface area (Å²) in [7, 11) is 3.25. The molecule has 0 bridgehead atoms. The predicted octanol–water partition coefficient (Wildman–Crippen LogP) is 4.42. The fraction of sp³-hybridized carbons (Fsp3) is 0.192. The maximum atomic E-state index is 13.5. The van der Waals surface area contributed by atoms with Gasteiger partial charge in [-0.3, -0.25) is 9.69 Å². The van der Waals surface area contributed by atoms with Gasteiger partial charge in [0.15, 0.2) is 17.2 Å². The standard InChI is InChI=1S/C26H22N4O3/c1-28-19-8-4-6-16(12-19)17-10-11-22-21(14-17)26(24(31)30(2)25(27)29-26)15-23(33-22)18-7-5-9-20(13-18)32-3/h4-14,23H,15H2,2-3H3,(H2,27,29). The summed E-state index contributed by atoms with van der Waals surface area (Å²) in [6, 6.07) is 20.7. The van der Waals surface area contributed by atoms with Crippen LogP contribution in [0.2, 0.25) is 0 Å². The third-order valence-electron chi connectivity index (χ3n) is 6.26. The molecule has 7 heteroatoms. The fourth-order valence-electron chi connectivity index (χ4n) is 4.50. The zero-order valence-electron chi connectivity index (χ0n) is 18.3. The smallest absolute Gasteiger partial charge is 0.261 e. The molecule has 164 valence electrons. The zero-order chi connectivity index (χ0) is 23.2. The number of benzene rings is 3. The Bertz CT molecular complexity index is 1340. The normalized spacial score (nSPS) is 21.2. The second-order valence-corrected chi connectivity index (χ2v) is 8.15. The molecule has 3 aromatic rings. The molecule has 0 aromatic heterocycles. The lowest BCUT2D eigenvalue weighted by Crippen LogP contribution is -2.43. The average molecular weight is 438 g/mol. The maximum absolute atomic E-state index is 13.5. The van der Waals surface area contributed by atoms with E-state index in [9.17, 15) is 4.79 Å². The van der Waals surface area contributed by atoms with Crippen LogP contribution in [0, 0.1) is 6.57 Å². The summed E-state index contributed by atoms with van der Waals surface area (Å²) in [6.07, 6.45) is -0.0985. The molecule has 2 heterocycles. The van der Waals surface area contributed by atoms with Crippen LogP contribution in [0.15, 0.2) is 71.7 Å². The third-order valence-corrected chi connectivity index (χ3v) is 6.26. The first-order chi connectivity index (χ1) is 15.9. The van der Waals surface area contributed by atoms with E-state index in [1.807, 2.05) is 60.7 Å². The van der Waals surface area contributed by atoms with E-state index in [2.05, 4.69) is 9.84 Å². The first-order valence-electron chi connectivity index (χ1n) is 10.5. The number of rotatable bonds is 3. The Morgan fingerprint density at radius 2 is 1.94 bits per heavy atom. The number of ether oxygens (including phenoxy) is 2. The lowest BCUT2D eigenvalue weighted by Gasteiger charge is -2.37. The van der Waals surface area contributed by atoms with Crippen molar-refractivity contribution in [3.05, 3.63) is 89.3 Å². The van der Waals surface area contributed by atoms with E-state index in [0.717, 1.165) is 16.7 Å². The number of guanidine groups is 1. The molecule has 1 amide bonds. The van der Waals surface area contributed by atoms with Gasteiger partial charge in [-0.1, -0.05) is 36.4 Å². The van der Waals surface area contributed by atoms with E-state index >= 15 is 0 Å².